The van der Waals surface area contributed by atoms with Gasteiger partial charge in [-0.3, -0.25) is 0 Å². The van der Waals surface area contributed by atoms with E-state index in [-0.39, 0.29) is 12.2 Å². The SMILES string of the molecule is Cc1cc(Cl)ccc1OCC(=O)Oc1ccc(C=C(C#N)C#N)cc1. The summed E-state index contributed by atoms with van der Waals surface area (Å²) in [7, 11) is 0. The van der Waals surface area contributed by atoms with Crippen LogP contribution in [-0.2, 0) is 4.79 Å². The number of allylic oxidation sites excluding steroid dienone is 1. The van der Waals surface area contributed by atoms with Crippen molar-refractivity contribution in [2.45, 2.75) is 6.92 Å². The van der Waals surface area contributed by atoms with Crippen molar-refractivity contribution in [2.75, 3.05) is 6.61 Å². The minimum absolute atomic E-state index is 0.00326. The number of benzene rings is 2. The molecule has 0 unspecified atom stereocenters. The monoisotopic (exact) mass is 352 g/mol. The Hall–Kier alpha value is -3.28. The van der Waals surface area contributed by atoms with Gasteiger partial charge >= 0.3 is 5.97 Å². The van der Waals surface area contributed by atoms with Gasteiger partial charge in [0.15, 0.2) is 6.61 Å². The number of aryl methyl sites for hydroxylation is 1. The van der Waals surface area contributed by atoms with Crippen LogP contribution in [0, 0.1) is 29.6 Å². The zero-order valence-corrected chi connectivity index (χ0v) is 14.1. The predicted molar refractivity (Wildman–Crippen MR) is 93.0 cm³/mol. The minimum atomic E-state index is -0.549. The summed E-state index contributed by atoms with van der Waals surface area (Å²) in [5.74, 6) is 0.351. The summed E-state index contributed by atoms with van der Waals surface area (Å²) in [6, 6.07) is 15.1. The largest absolute Gasteiger partial charge is 0.482 e. The molecule has 0 aliphatic heterocycles. The number of carbonyl (C=O) groups is 1. The van der Waals surface area contributed by atoms with E-state index in [1.165, 1.54) is 6.08 Å². The van der Waals surface area contributed by atoms with E-state index in [4.69, 9.17) is 31.6 Å². The molecule has 2 aromatic carbocycles. The van der Waals surface area contributed by atoms with E-state index in [0.29, 0.717) is 22.1 Å². The molecule has 124 valence electrons. The third-order valence-corrected chi connectivity index (χ3v) is 3.38. The van der Waals surface area contributed by atoms with Crippen molar-refractivity contribution < 1.29 is 14.3 Å². The third-order valence-electron chi connectivity index (χ3n) is 3.15. The first kappa shape index (κ1) is 18.1. The van der Waals surface area contributed by atoms with E-state index < -0.39 is 5.97 Å². The lowest BCUT2D eigenvalue weighted by Crippen LogP contribution is -2.18. The van der Waals surface area contributed by atoms with Gasteiger partial charge in [0.25, 0.3) is 0 Å². The molecule has 0 heterocycles. The number of hydrogen-bond acceptors (Lipinski definition) is 5. The average molecular weight is 353 g/mol. The first-order chi connectivity index (χ1) is 12.0. The van der Waals surface area contributed by atoms with Gasteiger partial charge in [-0.15, -0.1) is 0 Å². The molecule has 0 spiro atoms. The number of nitriles is 2. The van der Waals surface area contributed by atoms with Crippen LogP contribution in [-0.4, -0.2) is 12.6 Å². The Kier molecular flexibility index (Phi) is 6.17. The van der Waals surface area contributed by atoms with Crippen LogP contribution in [0.5, 0.6) is 11.5 Å². The highest BCUT2D eigenvalue weighted by Gasteiger charge is 2.08. The van der Waals surface area contributed by atoms with Crippen LogP contribution in [0.2, 0.25) is 5.02 Å². The first-order valence-corrected chi connectivity index (χ1v) is 7.61. The Labute approximate surface area is 150 Å². The molecule has 6 heteroatoms. The zero-order chi connectivity index (χ0) is 18.2. The van der Waals surface area contributed by atoms with Crippen LogP contribution in [0.4, 0.5) is 0 Å². The van der Waals surface area contributed by atoms with Gasteiger partial charge in [0.1, 0.15) is 29.2 Å². The van der Waals surface area contributed by atoms with Gasteiger partial charge in [0.2, 0.25) is 0 Å². The molecule has 0 amide bonds. The fourth-order valence-corrected chi connectivity index (χ4v) is 2.19. The summed E-state index contributed by atoms with van der Waals surface area (Å²) < 4.78 is 10.6. The van der Waals surface area contributed by atoms with Crippen molar-refractivity contribution in [3.05, 3.63) is 64.2 Å². The number of ether oxygens (including phenoxy) is 2. The zero-order valence-electron chi connectivity index (χ0n) is 13.3. The van der Waals surface area contributed by atoms with Crippen LogP contribution in [0.15, 0.2) is 48.0 Å². The summed E-state index contributed by atoms with van der Waals surface area (Å²) >= 11 is 5.86. The van der Waals surface area contributed by atoms with Crippen molar-refractivity contribution >= 4 is 23.6 Å². The summed E-state index contributed by atoms with van der Waals surface area (Å²) in [5, 5.41) is 18.0. The van der Waals surface area contributed by atoms with Crippen LogP contribution in [0.1, 0.15) is 11.1 Å². The minimum Gasteiger partial charge on any atom is -0.482 e. The molecular formula is C19H13ClN2O3. The summed E-state index contributed by atoms with van der Waals surface area (Å²) in [5.41, 5.74) is 1.48. The Morgan fingerprint density at radius 1 is 1.16 bits per heavy atom. The number of rotatable bonds is 5. The van der Waals surface area contributed by atoms with E-state index >= 15 is 0 Å². The third kappa shape index (κ3) is 5.39. The second-order valence-corrected chi connectivity index (χ2v) is 5.46. The average Bonchev–Trinajstić information content (AvgIpc) is 2.60. The van der Waals surface area contributed by atoms with Crippen LogP contribution in [0.25, 0.3) is 6.08 Å². The van der Waals surface area contributed by atoms with Gasteiger partial charge in [-0.05, 0) is 54.5 Å². The van der Waals surface area contributed by atoms with Gasteiger partial charge in [-0.1, -0.05) is 23.7 Å². The first-order valence-electron chi connectivity index (χ1n) is 7.23. The molecule has 0 atom stereocenters. The van der Waals surface area contributed by atoms with Crippen LogP contribution in [0.3, 0.4) is 0 Å². The topological polar surface area (TPSA) is 83.1 Å². The molecule has 0 saturated heterocycles. The lowest BCUT2D eigenvalue weighted by atomic mass is 10.1. The highest BCUT2D eigenvalue weighted by molar-refractivity contribution is 6.30. The molecule has 0 radical (unpaired) electrons. The molecule has 2 rings (SSSR count). The lowest BCUT2D eigenvalue weighted by molar-refractivity contribution is -0.136. The molecule has 2 aromatic rings. The molecule has 0 aromatic heterocycles. The van der Waals surface area contributed by atoms with Gasteiger partial charge in [0, 0.05) is 5.02 Å². The molecular weight excluding hydrogens is 340 g/mol. The number of hydrogen-bond donors (Lipinski definition) is 0. The van der Waals surface area contributed by atoms with Crippen molar-refractivity contribution in [2.24, 2.45) is 0 Å². The fourth-order valence-electron chi connectivity index (χ4n) is 1.96. The van der Waals surface area contributed by atoms with Gasteiger partial charge in [0.05, 0.1) is 0 Å². The number of carbonyl (C=O) groups excluding carboxylic acids is 1. The van der Waals surface area contributed by atoms with E-state index in [0.717, 1.165) is 5.56 Å². The fraction of sp³-hybridized carbons (Fsp3) is 0.105. The lowest BCUT2D eigenvalue weighted by Gasteiger charge is -2.09. The molecule has 0 bridgehead atoms. The molecule has 0 aliphatic rings. The Morgan fingerprint density at radius 3 is 2.44 bits per heavy atom. The molecule has 5 nitrogen and oxygen atoms in total. The maximum absolute atomic E-state index is 11.8. The molecule has 0 N–H and O–H groups in total. The Morgan fingerprint density at radius 2 is 1.84 bits per heavy atom. The van der Waals surface area contributed by atoms with E-state index in [1.807, 2.05) is 6.92 Å². The van der Waals surface area contributed by atoms with E-state index in [1.54, 1.807) is 54.6 Å². The number of halogens is 1. The molecule has 0 aliphatic carbocycles. The summed E-state index contributed by atoms with van der Waals surface area (Å²) in [6.45, 7) is 1.59. The number of esters is 1. The van der Waals surface area contributed by atoms with Gasteiger partial charge in [-0.2, -0.15) is 10.5 Å². The van der Waals surface area contributed by atoms with E-state index in [9.17, 15) is 4.79 Å². The van der Waals surface area contributed by atoms with Crippen molar-refractivity contribution in [1.82, 2.24) is 0 Å². The second-order valence-electron chi connectivity index (χ2n) is 5.02. The summed E-state index contributed by atoms with van der Waals surface area (Å²) in [6.07, 6.45) is 1.44. The van der Waals surface area contributed by atoms with Crippen molar-refractivity contribution in [1.29, 1.82) is 10.5 Å². The quantitative estimate of drug-likeness (QED) is 0.460. The standard InChI is InChI=1S/C19H13ClN2O3/c1-13-8-16(20)4-7-18(13)24-12-19(23)25-17-5-2-14(3-6-17)9-15(10-21)11-22/h2-9H,12H2,1H3. The maximum atomic E-state index is 11.8. The highest BCUT2D eigenvalue weighted by Crippen LogP contribution is 2.22. The normalized spacial score (nSPS) is 9.44. The van der Waals surface area contributed by atoms with Crippen molar-refractivity contribution in [3.63, 3.8) is 0 Å². The molecule has 0 fully saturated rings. The smallest absolute Gasteiger partial charge is 0.349 e. The Bertz CT molecular complexity index is 874. The van der Waals surface area contributed by atoms with Crippen LogP contribution < -0.4 is 9.47 Å². The highest BCUT2D eigenvalue weighted by atomic mass is 35.5. The van der Waals surface area contributed by atoms with Crippen LogP contribution >= 0.6 is 11.6 Å². The van der Waals surface area contributed by atoms with Gasteiger partial charge < -0.3 is 9.47 Å². The maximum Gasteiger partial charge on any atom is 0.349 e. The van der Waals surface area contributed by atoms with E-state index in [2.05, 4.69) is 0 Å². The van der Waals surface area contributed by atoms with Crippen molar-refractivity contribution in [3.8, 4) is 23.6 Å². The van der Waals surface area contributed by atoms with Gasteiger partial charge in [-0.25, -0.2) is 4.79 Å². The predicted octanol–water partition coefficient (Wildman–Crippen LogP) is 4.06. The Balaban J connectivity index is 1.94. The molecule has 25 heavy (non-hydrogen) atoms. The number of nitrogens with zero attached hydrogens (tertiary/aromatic N) is 2. The second kappa shape index (κ2) is 8.54. The molecule has 0 saturated carbocycles. The summed E-state index contributed by atoms with van der Waals surface area (Å²) in [4.78, 5) is 11.8.